The molecule has 7 heteroatoms. The lowest BCUT2D eigenvalue weighted by molar-refractivity contribution is -0.220. The van der Waals surface area contributed by atoms with E-state index < -0.39 is 12.2 Å². The normalized spacial score (nSPS) is 21.0. The van der Waals surface area contributed by atoms with Gasteiger partial charge in [-0.05, 0) is 35.1 Å². The monoisotopic (exact) mass is 632 g/mol. The second kappa shape index (κ2) is 17.0. The molecule has 0 radical (unpaired) electrons. The third-order valence-corrected chi connectivity index (χ3v) is 8.64. The molecule has 0 unspecified atom stereocenters. The van der Waals surface area contributed by atoms with E-state index in [0.29, 0.717) is 45.3 Å². The second-order valence-electron chi connectivity index (χ2n) is 12.0. The van der Waals surface area contributed by atoms with Crippen LogP contribution in [0.1, 0.15) is 41.2 Å². The molecule has 0 bridgehead atoms. The molecule has 1 aliphatic carbocycles. The second-order valence-corrected chi connectivity index (χ2v) is 12.0. The zero-order valence-electron chi connectivity index (χ0n) is 26.9. The van der Waals surface area contributed by atoms with Crippen molar-refractivity contribution in [1.29, 1.82) is 0 Å². The van der Waals surface area contributed by atoms with Crippen molar-refractivity contribution in [2.24, 2.45) is 5.92 Å². The van der Waals surface area contributed by atoms with E-state index in [9.17, 15) is 0 Å². The first kappa shape index (κ1) is 32.7. The number of rotatable bonds is 16. The first-order valence-electron chi connectivity index (χ1n) is 16.5. The molecule has 0 spiro atoms. The fourth-order valence-electron chi connectivity index (χ4n) is 6.14. The summed E-state index contributed by atoms with van der Waals surface area (Å²) in [6, 6.07) is 41.0. The number of aryl methyl sites for hydroxylation is 1. The molecule has 4 aromatic carbocycles. The van der Waals surface area contributed by atoms with Crippen molar-refractivity contribution in [3.63, 3.8) is 0 Å². The number of benzene rings is 4. The standard InChI is InChI=1S/C40H44N2O5/c1-2-34-24-41-42-40(34)47-36-23-35(29-43-25-30-15-7-3-8-16-30)37(44-26-31-17-9-4-10-18-31)39(46-28-33-21-13-6-14-22-33)38(36)45-27-32-19-11-5-12-20-32/h3-22,24,35-39H,2,23,25-29H2,1H3,(H,41,42)/t35-,36-,37-,38+,39+/m1/s1. The highest BCUT2D eigenvalue weighted by Crippen LogP contribution is 2.36. The van der Waals surface area contributed by atoms with Crippen molar-refractivity contribution in [3.8, 4) is 5.88 Å². The predicted molar refractivity (Wildman–Crippen MR) is 182 cm³/mol. The summed E-state index contributed by atoms with van der Waals surface area (Å²) < 4.78 is 33.6. The van der Waals surface area contributed by atoms with Gasteiger partial charge in [-0.15, -0.1) is 5.10 Å². The van der Waals surface area contributed by atoms with Gasteiger partial charge in [0.05, 0.1) is 39.1 Å². The summed E-state index contributed by atoms with van der Waals surface area (Å²) in [7, 11) is 0. The number of hydrogen-bond acceptors (Lipinski definition) is 6. The summed E-state index contributed by atoms with van der Waals surface area (Å²) >= 11 is 0. The average Bonchev–Trinajstić information content (AvgIpc) is 3.58. The van der Waals surface area contributed by atoms with E-state index in [2.05, 4.69) is 65.7 Å². The highest BCUT2D eigenvalue weighted by molar-refractivity contribution is 5.23. The van der Waals surface area contributed by atoms with Gasteiger partial charge in [-0.3, -0.25) is 5.10 Å². The van der Waals surface area contributed by atoms with Crippen LogP contribution in [0.3, 0.4) is 0 Å². The number of nitrogens with zero attached hydrogens (tertiary/aromatic N) is 1. The van der Waals surface area contributed by atoms with Crippen LogP contribution >= 0.6 is 0 Å². The Hall–Kier alpha value is -4.27. The van der Waals surface area contributed by atoms with Gasteiger partial charge in [0.15, 0.2) is 0 Å². The van der Waals surface area contributed by atoms with Gasteiger partial charge < -0.3 is 23.7 Å². The van der Waals surface area contributed by atoms with Gasteiger partial charge in [0.1, 0.15) is 18.3 Å². The van der Waals surface area contributed by atoms with Gasteiger partial charge >= 0.3 is 0 Å². The molecule has 1 fully saturated rings. The molecule has 1 heterocycles. The van der Waals surface area contributed by atoms with E-state index >= 15 is 0 Å². The minimum Gasteiger partial charge on any atom is -0.470 e. The largest absolute Gasteiger partial charge is 0.470 e. The lowest BCUT2D eigenvalue weighted by Crippen LogP contribution is -2.59. The van der Waals surface area contributed by atoms with Crippen molar-refractivity contribution in [2.75, 3.05) is 6.61 Å². The number of aromatic amines is 1. The Labute approximate surface area is 277 Å². The summed E-state index contributed by atoms with van der Waals surface area (Å²) in [4.78, 5) is 0. The maximum Gasteiger partial charge on any atom is 0.236 e. The number of ether oxygens (including phenoxy) is 5. The highest BCUT2D eigenvalue weighted by atomic mass is 16.6. The van der Waals surface area contributed by atoms with E-state index in [1.54, 1.807) is 0 Å². The number of H-pyrrole nitrogens is 1. The Bertz CT molecular complexity index is 1580. The quantitative estimate of drug-likeness (QED) is 0.120. The number of nitrogens with one attached hydrogen (secondary N) is 1. The van der Waals surface area contributed by atoms with E-state index in [1.807, 2.05) is 79.0 Å². The fourth-order valence-corrected chi connectivity index (χ4v) is 6.14. The Morgan fingerprint density at radius 1 is 0.596 bits per heavy atom. The molecule has 5 atom stereocenters. The third-order valence-electron chi connectivity index (χ3n) is 8.64. The molecule has 5 aromatic rings. The van der Waals surface area contributed by atoms with E-state index in [0.717, 1.165) is 34.2 Å². The molecule has 1 aliphatic rings. The lowest BCUT2D eigenvalue weighted by Gasteiger charge is -2.46. The van der Waals surface area contributed by atoms with Gasteiger partial charge in [0, 0.05) is 17.7 Å². The molecule has 1 aromatic heterocycles. The molecule has 47 heavy (non-hydrogen) atoms. The van der Waals surface area contributed by atoms with Gasteiger partial charge in [0.2, 0.25) is 5.88 Å². The van der Waals surface area contributed by atoms with Crippen LogP contribution in [0.25, 0.3) is 0 Å². The Morgan fingerprint density at radius 2 is 1.06 bits per heavy atom. The first-order chi connectivity index (χ1) is 23.3. The molecule has 0 amide bonds. The smallest absolute Gasteiger partial charge is 0.236 e. The van der Waals surface area contributed by atoms with Gasteiger partial charge in [0.25, 0.3) is 0 Å². The Kier molecular flexibility index (Phi) is 11.8. The molecule has 7 nitrogen and oxygen atoms in total. The van der Waals surface area contributed by atoms with Crippen molar-refractivity contribution in [1.82, 2.24) is 10.2 Å². The first-order valence-corrected chi connectivity index (χ1v) is 16.5. The van der Waals surface area contributed by atoms with Gasteiger partial charge in [-0.2, -0.15) is 0 Å². The molecular formula is C40H44N2O5. The van der Waals surface area contributed by atoms with Crippen LogP contribution in [0.4, 0.5) is 0 Å². The van der Waals surface area contributed by atoms with E-state index in [-0.39, 0.29) is 18.1 Å². The molecule has 1 saturated carbocycles. The topological polar surface area (TPSA) is 74.8 Å². The van der Waals surface area contributed by atoms with Crippen molar-refractivity contribution >= 4 is 0 Å². The predicted octanol–water partition coefficient (Wildman–Crippen LogP) is 7.71. The SMILES string of the molecule is CCc1c[nH]nc1O[C@@H]1C[C@H](COCc2ccccc2)[C@@H](OCc2ccccc2)[C@H](OCc2ccccc2)[C@H]1OCc1ccccc1. The van der Waals surface area contributed by atoms with Crippen LogP contribution in [0.15, 0.2) is 128 Å². The van der Waals surface area contributed by atoms with E-state index in [1.165, 1.54) is 0 Å². The van der Waals surface area contributed by atoms with Gasteiger partial charge in [-0.1, -0.05) is 128 Å². The Balaban J connectivity index is 1.32. The van der Waals surface area contributed by atoms with Crippen LogP contribution in [-0.2, 0) is 51.8 Å². The van der Waals surface area contributed by atoms with Crippen LogP contribution < -0.4 is 4.74 Å². The summed E-state index contributed by atoms with van der Waals surface area (Å²) in [5.41, 5.74) is 5.41. The Morgan fingerprint density at radius 3 is 1.57 bits per heavy atom. The molecule has 1 N–H and O–H groups in total. The van der Waals surface area contributed by atoms with Crippen LogP contribution in [0, 0.1) is 5.92 Å². The summed E-state index contributed by atoms with van der Waals surface area (Å²) in [5.74, 6) is 0.564. The zero-order valence-corrected chi connectivity index (χ0v) is 26.9. The third kappa shape index (κ3) is 9.18. The van der Waals surface area contributed by atoms with Crippen molar-refractivity contribution in [3.05, 3.63) is 155 Å². The fraction of sp³-hybridized carbons (Fsp3) is 0.325. The summed E-state index contributed by atoms with van der Waals surface area (Å²) in [6.45, 7) is 4.36. The van der Waals surface area contributed by atoms with Crippen molar-refractivity contribution < 1.29 is 23.7 Å². The minimum atomic E-state index is -0.448. The zero-order chi connectivity index (χ0) is 32.1. The minimum absolute atomic E-state index is 0.0335. The average molecular weight is 633 g/mol. The maximum absolute atomic E-state index is 6.86. The highest BCUT2D eigenvalue weighted by Gasteiger charge is 2.49. The van der Waals surface area contributed by atoms with Crippen LogP contribution in [0.2, 0.25) is 0 Å². The van der Waals surface area contributed by atoms with Crippen LogP contribution in [0.5, 0.6) is 5.88 Å². The van der Waals surface area contributed by atoms with Crippen molar-refractivity contribution in [2.45, 2.75) is 70.6 Å². The molecule has 0 saturated heterocycles. The molecule has 6 rings (SSSR count). The summed E-state index contributed by atoms with van der Waals surface area (Å²) in [6.07, 6.45) is 1.79. The van der Waals surface area contributed by atoms with E-state index in [4.69, 9.17) is 23.7 Å². The number of aromatic nitrogens is 2. The van der Waals surface area contributed by atoms with Crippen LogP contribution in [-0.4, -0.2) is 41.2 Å². The lowest BCUT2D eigenvalue weighted by atomic mass is 9.80. The van der Waals surface area contributed by atoms with Gasteiger partial charge in [-0.25, -0.2) is 0 Å². The number of hydrogen-bond donors (Lipinski definition) is 1. The molecule has 0 aliphatic heterocycles. The maximum atomic E-state index is 6.86. The molecule has 244 valence electrons. The molecular weight excluding hydrogens is 588 g/mol. The summed E-state index contributed by atoms with van der Waals surface area (Å²) in [5, 5.41) is 7.45.